The van der Waals surface area contributed by atoms with Crippen molar-refractivity contribution >= 4 is 17.5 Å². The molecule has 1 N–H and O–H groups in total. The van der Waals surface area contributed by atoms with Gasteiger partial charge in [-0.25, -0.2) is 0 Å². The summed E-state index contributed by atoms with van der Waals surface area (Å²) in [4.78, 5) is 19.1. The summed E-state index contributed by atoms with van der Waals surface area (Å²) in [6, 6.07) is 7.42. The van der Waals surface area contributed by atoms with Crippen LogP contribution in [0.15, 0.2) is 28.8 Å². The molecule has 6 nitrogen and oxygen atoms in total. The van der Waals surface area contributed by atoms with Crippen LogP contribution in [-0.4, -0.2) is 39.6 Å². The van der Waals surface area contributed by atoms with Gasteiger partial charge in [0.2, 0.25) is 17.6 Å². The maximum absolute atomic E-state index is 12.4. The number of benzene rings is 1. The van der Waals surface area contributed by atoms with Crippen molar-refractivity contribution in [2.75, 3.05) is 13.1 Å². The number of nitrogens with zero attached hydrogens (tertiary/aromatic N) is 3. The highest BCUT2D eigenvalue weighted by molar-refractivity contribution is 6.33. The second kappa shape index (κ2) is 7.76. The van der Waals surface area contributed by atoms with E-state index in [1.54, 1.807) is 6.07 Å². The number of hydrogen-bond acceptors (Lipinski definition) is 5. The van der Waals surface area contributed by atoms with Crippen LogP contribution in [0.5, 0.6) is 0 Å². The van der Waals surface area contributed by atoms with Crippen LogP contribution < -0.4 is 5.32 Å². The molecular weight excluding hydrogens is 352 g/mol. The van der Waals surface area contributed by atoms with Crippen LogP contribution in [0.25, 0.3) is 11.4 Å². The molecule has 1 aliphatic rings. The van der Waals surface area contributed by atoms with Gasteiger partial charge in [0.05, 0.1) is 17.5 Å². The van der Waals surface area contributed by atoms with E-state index < -0.39 is 0 Å². The van der Waals surface area contributed by atoms with Gasteiger partial charge in [-0.05, 0) is 52.3 Å². The Morgan fingerprint density at radius 2 is 2.15 bits per heavy atom. The number of nitrogens with one attached hydrogen (secondary N) is 1. The Bertz CT molecular complexity index is 769. The topological polar surface area (TPSA) is 71.3 Å². The molecule has 1 fully saturated rings. The first kappa shape index (κ1) is 18.9. The van der Waals surface area contributed by atoms with Gasteiger partial charge in [-0.15, -0.1) is 0 Å². The number of piperidine rings is 1. The summed E-state index contributed by atoms with van der Waals surface area (Å²) in [5.74, 6) is 1.14. The fourth-order valence-corrected chi connectivity index (χ4v) is 3.37. The van der Waals surface area contributed by atoms with E-state index in [2.05, 4.69) is 20.4 Å². The maximum Gasteiger partial charge on any atom is 0.241 e. The standard InChI is InChI=1S/C19H25ClN4O2/c1-19(2,3)22-18(25)13-7-6-10-24(11-13)12-16-21-17(23-26-16)14-8-4-5-9-15(14)20/h4-5,8-9,13H,6-7,10-12H2,1-3H3,(H,22,25). The highest BCUT2D eigenvalue weighted by Crippen LogP contribution is 2.25. The fraction of sp³-hybridized carbons (Fsp3) is 0.526. The largest absolute Gasteiger partial charge is 0.351 e. The quantitative estimate of drug-likeness (QED) is 0.883. The second-order valence-electron chi connectivity index (χ2n) is 7.81. The number of halogens is 1. The summed E-state index contributed by atoms with van der Waals surface area (Å²) in [7, 11) is 0. The van der Waals surface area contributed by atoms with Crippen molar-refractivity contribution in [3.8, 4) is 11.4 Å². The number of likely N-dealkylation sites (tertiary alicyclic amines) is 1. The molecule has 0 bridgehead atoms. The van der Waals surface area contributed by atoms with Gasteiger partial charge in [-0.1, -0.05) is 28.9 Å². The van der Waals surface area contributed by atoms with Gasteiger partial charge in [-0.3, -0.25) is 9.69 Å². The van der Waals surface area contributed by atoms with Gasteiger partial charge >= 0.3 is 0 Å². The molecule has 0 radical (unpaired) electrons. The lowest BCUT2D eigenvalue weighted by Gasteiger charge is -2.32. The van der Waals surface area contributed by atoms with Crippen molar-refractivity contribution in [3.05, 3.63) is 35.2 Å². The van der Waals surface area contributed by atoms with Gasteiger partial charge in [0.1, 0.15) is 0 Å². The number of hydrogen-bond donors (Lipinski definition) is 1. The summed E-state index contributed by atoms with van der Waals surface area (Å²) >= 11 is 6.19. The zero-order chi connectivity index (χ0) is 18.7. The SMILES string of the molecule is CC(C)(C)NC(=O)C1CCCN(Cc2nc(-c3ccccc3Cl)no2)C1. The third-order valence-corrected chi connectivity index (χ3v) is 4.65. The fourth-order valence-electron chi connectivity index (χ4n) is 3.15. The van der Waals surface area contributed by atoms with Gasteiger partial charge in [-0.2, -0.15) is 4.98 Å². The number of amides is 1. The highest BCUT2D eigenvalue weighted by Gasteiger charge is 2.28. The van der Waals surface area contributed by atoms with Crippen molar-refractivity contribution < 1.29 is 9.32 Å². The van der Waals surface area contributed by atoms with E-state index in [1.807, 2.05) is 39.0 Å². The van der Waals surface area contributed by atoms with E-state index in [1.165, 1.54) is 0 Å². The summed E-state index contributed by atoms with van der Waals surface area (Å²) < 4.78 is 5.39. The van der Waals surface area contributed by atoms with E-state index in [0.717, 1.165) is 24.9 Å². The van der Waals surface area contributed by atoms with Gasteiger partial charge in [0.25, 0.3) is 0 Å². The smallest absolute Gasteiger partial charge is 0.241 e. The molecule has 26 heavy (non-hydrogen) atoms. The molecular formula is C19H25ClN4O2. The third kappa shape index (κ3) is 4.83. The summed E-state index contributed by atoms with van der Waals surface area (Å²) in [6.07, 6.45) is 1.89. The minimum absolute atomic E-state index is 0.00562. The first-order valence-electron chi connectivity index (χ1n) is 8.94. The maximum atomic E-state index is 12.4. The Balaban J connectivity index is 1.63. The number of carbonyl (C=O) groups excluding carboxylic acids is 1. The van der Waals surface area contributed by atoms with Gasteiger partial charge in [0.15, 0.2) is 0 Å². The predicted molar refractivity (Wildman–Crippen MR) is 101 cm³/mol. The van der Waals surface area contributed by atoms with Crippen LogP contribution in [-0.2, 0) is 11.3 Å². The van der Waals surface area contributed by atoms with Crippen LogP contribution in [0.2, 0.25) is 5.02 Å². The van der Waals surface area contributed by atoms with Crippen molar-refractivity contribution in [2.45, 2.75) is 45.7 Å². The molecule has 1 amide bonds. The van der Waals surface area contributed by atoms with E-state index in [-0.39, 0.29) is 17.4 Å². The highest BCUT2D eigenvalue weighted by atomic mass is 35.5. The number of rotatable bonds is 4. The Morgan fingerprint density at radius 3 is 2.88 bits per heavy atom. The van der Waals surface area contributed by atoms with Crippen molar-refractivity contribution in [2.24, 2.45) is 5.92 Å². The Kier molecular flexibility index (Phi) is 5.63. The summed E-state index contributed by atoms with van der Waals surface area (Å²) in [5.41, 5.74) is 0.542. The lowest BCUT2D eigenvalue weighted by molar-refractivity contribution is -0.128. The van der Waals surface area contributed by atoms with Crippen LogP contribution in [0.4, 0.5) is 0 Å². The number of carbonyl (C=O) groups is 1. The molecule has 7 heteroatoms. The molecule has 0 saturated carbocycles. The van der Waals surface area contributed by atoms with E-state index in [9.17, 15) is 4.79 Å². The van der Waals surface area contributed by atoms with E-state index in [4.69, 9.17) is 16.1 Å². The molecule has 2 aromatic rings. The molecule has 1 aliphatic heterocycles. The molecule has 1 saturated heterocycles. The molecule has 1 unspecified atom stereocenters. The third-order valence-electron chi connectivity index (χ3n) is 4.32. The first-order chi connectivity index (χ1) is 12.3. The van der Waals surface area contributed by atoms with Crippen molar-refractivity contribution in [3.63, 3.8) is 0 Å². The zero-order valence-electron chi connectivity index (χ0n) is 15.5. The zero-order valence-corrected chi connectivity index (χ0v) is 16.2. The van der Waals surface area contributed by atoms with E-state index >= 15 is 0 Å². The average molecular weight is 377 g/mol. The van der Waals surface area contributed by atoms with E-state index in [0.29, 0.717) is 29.8 Å². The molecule has 0 aliphatic carbocycles. The van der Waals surface area contributed by atoms with Crippen LogP contribution >= 0.6 is 11.6 Å². The predicted octanol–water partition coefficient (Wildman–Crippen LogP) is 3.52. The van der Waals surface area contributed by atoms with Gasteiger partial charge < -0.3 is 9.84 Å². The van der Waals surface area contributed by atoms with Crippen molar-refractivity contribution in [1.82, 2.24) is 20.4 Å². The molecule has 2 heterocycles. The molecule has 1 aromatic heterocycles. The van der Waals surface area contributed by atoms with Gasteiger partial charge in [0, 0.05) is 17.6 Å². The lowest BCUT2D eigenvalue weighted by atomic mass is 9.95. The lowest BCUT2D eigenvalue weighted by Crippen LogP contribution is -2.48. The average Bonchev–Trinajstić information content (AvgIpc) is 3.02. The Labute approximate surface area is 158 Å². The molecule has 0 spiro atoms. The summed E-state index contributed by atoms with van der Waals surface area (Å²) in [6.45, 7) is 8.16. The minimum atomic E-state index is -0.213. The summed E-state index contributed by atoms with van der Waals surface area (Å²) in [5, 5.41) is 7.71. The normalized spacial score (nSPS) is 18.7. The van der Waals surface area contributed by atoms with Crippen LogP contribution in [0.3, 0.4) is 0 Å². The van der Waals surface area contributed by atoms with Crippen LogP contribution in [0.1, 0.15) is 39.5 Å². The minimum Gasteiger partial charge on any atom is -0.351 e. The molecule has 1 aromatic carbocycles. The molecule has 1 atom stereocenters. The Morgan fingerprint density at radius 1 is 1.38 bits per heavy atom. The van der Waals surface area contributed by atoms with Crippen molar-refractivity contribution in [1.29, 1.82) is 0 Å². The second-order valence-corrected chi connectivity index (χ2v) is 8.21. The number of aromatic nitrogens is 2. The molecule has 140 valence electrons. The Hall–Kier alpha value is -1.92. The monoisotopic (exact) mass is 376 g/mol. The van der Waals surface area contributed by atoms with Crippen LogP contribution in [0, 0.1) is 5.92 Å². The first-order valence-corrected chi connectivity index (χ1v) is 9.31. The molecule has 3 rings (SSSR count).